The molecule has 1 amide bonds. The Labute approximate surface area is 163 Å². The van der Waals surface area contributed by atoms with Gasteiger partial charge in [-0.05, 0) is 26.0 Å². The number of rotatable bonds is 5. The molecule has 0 bridgehead atoms. The van der Waals surface area contributed by atoms with Crippen molar-refractivity contribution >= 4 is 21.9 Å². The Morgan fingerprint density at radius 3 is 2.29 bits per heavy atom. The molecule has 150 valence electrons. The van der Waals surface area contributed by atoms with Crippen LogP contribution in [-0.4, -0.2) is 70.6 Å². The van der Waals surface area contributed by atoms with Gasteiger partial charge in [-0.2, -0.15) is 9.40 Å². The molecule has 1 saturated heterocycles. The van der Waals surface area contributed by atoms with E-state index in [2.05, 4.69) is 5.10 Å². The molecule has 1 N–H and O–H groups in total. The number of carboxylic acids is 1. The molecule has 0 aliphatic carbocycles. The molecule has 0 radical (unpaired) electrons. The second-order valence-corrected chi connectivity index (χ2v) is 8.67. The first-order chi connectivity index (χ1) is 13.2. The fourth-order valence-electron chi connectivity index (χ4n) is 2.95. The van der Waals surface area contributed by atoms with Crippen LogP contribution < -0.4 is 0 Å². The number of aromatic nitrogens is 2. The highest BCUT2D eigenvalue weighted by atomic mass is 32.2. The first kappa shape index (κ1) is 20.0. The average molecular weight is 406 g/mol. The number of nitrogens with zero attached hydrogens (tertiary/aromatic N) is 4. The smallest absolute Gasteiger partial charge is 0.328 e. The van der Waals surface area contributed by atoms with Gasteiger partial charge in [0.1, 0.15) is 6.04 Å². The van der Waals surface area contributed by atoms with Crippen molar-refractivity contribution in [3.63, 3.8) is 0 Å². The summed E-state index contributed by atoms with van der Waals surface area (Å²) in [4.78, 5) is 25.4. The molecule has 0 spiro atoms. The summed E-state index contributed by atoms with van der Waals surface area (Å²) in [5, 5.41) is 13.0. The molecule has 28 heavy (non-hydrogen) atoms. The summed E-state index contributed by atoms with van der Waals surface area (Å²) in [6.45, 7) is 4.26. The van der Waals surface area contributed by atoms with Gasteiger partial charge >= 0.3 is 5.97 Å². The van der Waals surface area contributed by atoms with Crippen LogP contribution in [0.5, 0.6) is 0 Å². The van der Waals surface area contributed by atoms with Crippen LogP contribution in [0, 0.1) is 6.92 Å². The van der Waals surface area contributed by atoms with Gasteiger partial charge in [0.25, 0.3) is 5.91 Å². The van der Waals surface area contributed by atoms with Gasteiger partial charge in [0.15, 0.2) is 0 Å². The summed E-state index contributed by atoms with van der Waals surface area (Å²) in [7, 11) is -3.60. The number of hydrogen-bond donors (Lipinski definition) is 1. The zero-order valence-corrected chi connectivity index (χ0v) is 16.5. The quantitative estimate of drug-likeness (QED) is 0.792. The summed E-state index contributed by atoms with van der Waals surface area (Å²) in [6.07, 6.45) is 2.73. The van der Waals surface area contributed by atoms with E-state index < -0.39 is 22.0 Å². The fraction of sp³-hybridized carbons (Fsp3) is 0.389. The predicted octanol–water partition coefficient (Wildman–Crippen LogP) is 0.984. The molecule has 2 heterocycles. The van der Waals surface area contributed by atoms with Crippen molar-refractivity contribution in [1.82, 2.24) is 19.0 Å². The minimum Gasteiger partial charge on any atom is -0.480 e. The zero-order chi connectivity index (χ0) is 20.5. The molecule has 10 heteroatoms. The molecule has 1 aliphatic heterocycles. The predicted molar refractivity (Wildman–Crippen MR) is 100 cm³/mol. The Bertz CT molecular complexity index is 976. The maximum atomic E-state index is 12.7. The summed E-state index contributed by atoms with van der Waals surface area (Å²) < 4.78 is 28.1. The minimum absolute atomic E-state index is 0.196. The average Bonchev–Trinajstić information content (AvgIpc) is 3.17. The van der Waals surface area contributed by atoms with Crippen molar-refractivity contribution in [3.05, 3.63) is 47.8 Å². The van der Waals surface area contributed by atoms with E-state index in [-0.39, 0.29) is 42.5 Å². The monoisotopic (exact) mass is 406 g/mol. The van der Waals surface area contributed by atoms with E-state index >= 15 is 0 Å². The lowest BCUT2D eigenvalue weighted by Crippen LogP contribution is -2.50. The summed E-state index contributed by atoms with van der Waals surface area (Å²) in [5.74, 6) is -1.34. The second-order valence-electron chi connectivity index (χ2n) is 6.73. The SMILES string of the molecule is Cc1ccc(S(=O)(=O)N2CCN(C(=O)c3cnn(C(C)C(=O)O)c3)CC2)cc1. The molecule has 1 aliphatic rings. The molecule has 1 atom stereocenters. The van der Waals surface area contributed by atoms with Gasteiger partial charge in [0.05, 0.1) is 16.7 Å². The van der Waals surface area contributed by atoms with E-state index in [1.807, 2.05) is 6.92 Å². The number of carbonyl (C=O) groups excluding carboxylic acids is 1. The lowest BCUT2D eigenvalue weighted by Gasteiger charge is -2.33. The van der Waals surface area contributed by atoms with Crippen molar-refractivity contribution in [1.29, 1.82) is 0 Å². The van der Waals surface area contributed by atoms with Gasteiger partial charge in [-0.15, -0.1) is 0 Å². The van der Waals surface area contributed by atoms with Crippen molar-refractivity contribution in [2.75, 3.05) is 26.2 Å². The highest BCUT2D eigenvalue weighted by Gasteiger charge is 2.31. The summed E-state index contributed by atoms with van der Waals surface area (Å²) in [5.41, 5.74) is 1.26. The number of carbonyl (C=O) groups is 2. The van der Waals surface area contributed by atoms with Crippen LogP contribution >= 0.6 is 0 Å². The molecular formula is C18H22N4O5S. The van der Waals surface area contributed by atoms with Gasteiger partial charge in [-0.1, -0.05) is 17.7 Å². The Balaban J connectivity index is 1.66. The van der Waals surface area contributed by atoms with E-state index in [1.165, 1.54) is 28.3 Å². The van der Waals surface area contributed by atoms with E-state index in [0.717, 1.165) is 5.56 Å². The number of benzene rings is 1. The molecule has 9 nitrogen and oxygen atoms in total. The maximum absolute atomic E-state index is 12.7. The van der Waals surface area contributed by atoms with Crippen molar-refractivity contribution in [2.24, 2.45) is 0 Å². The third kappa shape index (κ3) is 3.92. The van der Waals surface area contributed by atoms with Crippen LogP contribution in [0.4, 0.5) is 0 Å². The third-order valence-corrected chi connectivity index (χ3v) is 6.70. The maximum Gasteiger partial charge on any atom is 0.328 e. The number of carboxylic acid groups (broad SMARTS) is 1. The third-order valence-electron chi connectivity index (χ3n) is 4.79. The van der Waals surface area contributed by atoms with Crippen LogP contribution in [0.3, 0.4) is 0 Å². The van der Waals surface area contributed by atoms with Crippen molar-refractivity contribution in [3.8, 4) is 0 Å². The van der Waals surface area contributed by atoms with E-state index in [0.29, 0.717) is 0 Å². The fourth-order valence-corrected chi connectivity index (χ4v) is 4.37. The highest BCUT2D eigenvalue weighted by Crippen LogP contribution is 2.19. The van der Waals surface area contributed by atoms with Crippen molar-refractivity contribution < 1.29 is 23.1 Å². The summed E-state index contributed by atoms with van der Waals surface area (Å²) in [6, 6.07) is 5.80. The van der Waals surface area contributed by atoms with Gasteiger partial charge in [-0.3, -0.25) is 9.48 Å². The first-order valence-electron chi connectivity index (χ1n) is 8.83. The first-order valence-corrected chi connectivity index (χ1v) is 10.3. The van der Waals surface area contributed by atoms with Crippen LogP contribution in [0.15, 0.2) is 41.6 Å². The zero-order valence-electron chi connectivity index (χ0n) is 15.6. The van der Waals surface area contributed by atoms with Gasteiger partial charge in [0, 0.05) is 32.4 Å². The standard InChI is InChI=1S/C18H22N4O5S/c1-13-3-5-16(6-4-13)28(26,27)21-9-7-20(8-10-21)17(23)15-11-19-22(12-15)14(2)18(24)25/h3-6,11-12,14H,7-10H2,1-2H3,(H,24,25). The van der Waals surface area contributed by atoms with Crippen molar-refractivity contribution in [2.45, 2.75) is 24.8 Å². The van der Waals surface area contributed by atoms with E-state index in [1.54, 1.807) is 29.2 Å². The topological polar surface area (TPSA) is 113 Å². The molecule has 1 aromatic carbocycles. The molecule has 1 unspecified atom stereocenters. The Morgan fingerprint density at radius 2 is 1.71 bits per heavy atom. The number of amides is 1. The van der Waals surface area contributed by atoms with Crippen LogP contribution in [0.25, 0.3) is 0 Å². The van der Waals surface area contributed by atoms with Gasteiger partial charge < -0.3 is 10.0 Å². The van der Waals surface area contributed by atoms with Crippen LogP contribution in [0.1, 0.15) is 28.9 Å². The van der Waals surface area contributed by atoms with Gasteiger partial charge in [-0.25, -0.2) is 13.2 Å². The van der Waals surface area contributed by atoms with Crippen LogP contribution in [0.2, 0.25) is 0 Å². The highest BCUT2D eigenvalue weighted by molar-refractivity contribution is 7.89. The van der Waals surface area contributed by atoms with Crippen LogP contribution in [-0.2, 0) is 14.8 Å². The second kappa shape index (κ2) is 7.72. The Morgan fingerprint density at radius 1 is 1.11 bits per heavy atom. The lowest BCUT2D eigenvalue weighted by molar-refractivity contribution is -0.140. The molecule has 1 fully saturated rings. The molecule has 3 rings (SSSR count). The molecule has 2 aromatic rings. The largest absolute Gasteiger partial charge is 0.480 e. The Kier molecular flexibility index (Phi) is 5.52. The summed E-state index contributed by atoms with van der Waals surface area (Å²) >= 11 is 0. The molecular weight excluding hydrogens is 384 g/mol. The molecule has 0 saturated carbocycles. The van der Waals surface area contributed by atoms with E-state index in [9.17, 15) is 18.0 Å². The molecule has 1 aromatic heterocycles. The minimum atomic E-state index is -3.60. The van der Waals surface area contributed by atoms with E-state index in [4.69, 9.17) is 5.11 Å². The number of sulfonamides is 1. The number of piperazine rings is 1. The lowest BCUT2D eigenvalue weighted by atomic mass is 10.2. The van der Waals surface area contributed by atoms with Gasteiger partial charge in [0.2, 0.25) is 10.0 Å². The number of aliphatic carboxylic acids is 1. The number of aryl methyl sites for hydroxylation is 1. The Hall–Kier alpha value is -2.72. The number of hydrogen-bond acceptors (Lipinski definition) is 5. The normalized spacial score (nSPS) is 16.7.